The van der Waals surface area contributed by atoms with Crippen molar-refractivity contribution in [1.82, 2.24) is 0 Å². The SMILES string of the molecule is CCCC(O)CC(C)I. The fraction of sp³-hybridized carbons (Fsp3) is 1.00. The first-order valence-corrected chi connectivity index (χ1v) is 4.73. The van der Waals surface area contributed by atoms with Crippen LogP contribution in [0.15, 0.2) is 0 Å². The van der Waals surface area contributed by atoms with Gasteiger partial charge in [-0.3, -0.25) is 0 Å². The van der Waals surface area contributed by atoms with Crippen LogP contribution in [0.1, 0.15) is 33.1 Å². The normalized spacial score (nSPS) is 17.3. The zero-order chi connectivity index (χ0) is 7.28. The highest BCUT2D eigenvalue weighted by Gasteiger charge is 2.04. The summed E-state index contributed by atoms with van der Waals surface area (Å²) in [6.45, 7) is 4.22. The number of alkyl halides is 1. The Morgan fingerprint density at radius 1 is 1.56 bits per heavy atom. The van der Waals surface area contributed by atoms with Crippen LogP contribution in [0.4, 0.5) is 0 Å². The van der Waals surface area contributed by atoms with Crippen molar-refractivity contribution in [1.29, 1.82) is 0 Å². The summed E-state index contributed by atoms with van der Waals surface area (Å²) >= 11 is 2.34. The van der Waals surface area contributed by atoms with Crippen LogP contribution in [0.25, 0.3) is 0 Å². The summed E-state index contributed by atoms with van der Waals surface area (Å²) in [4.78, 5) is 0. The van der Waals surface area contributed by atoms with Crippen LogP contribution in [0.2, 0.25) is 0 Å². The molecule has 0 aliphatic carbocycles. The predicted octanol–water partition coefficient (Wildman–Crippen LogP) is 2.36. The topological polar surface area (TPSA) is 20.2 Å². The van der Waals surface area contributed by atoms with Gasteiger partial charge in [-0.1, -0.05) is 42.9 Å². The van der Waals surface area contributed by atoms with Crippen LogP contribution in [0.5, 0.6) is 0 Å². The predicted molar refractivity (Wildman–Crippen MR) is 49.0 cm³/mol. The Morgan fingerprint density at radius 2 is 2.11 bits per heavy atom. The quantitative estimate of drug-likeness (QED) is 0.592. The van der Waals surface area contributed by atoms with E-state index in [2.05, 4.69) is 36.4 Å². The summed E-state index contributed by atoms with van der Waals surface area (Å²) in [5.41, 5.74) is 0. The summed E-state index contributed by atoms with van der Waals surface area (Å²) in [6.07, 6.45) is 2.91. The van der Waals surface area contributed by atoms with Gasteiger partial charge in [0.1, 0.15) is 0 Å². The van der Waals surface area contributed by atoms with Crippen LogP contribution >= 0.6 is 22.6 Å². The first kappa shape index (κ1) is 9.69. The second-order valence-electron chi connectivity index (χ2n) is 2.46. The molecule has 0 spiro atoms. The van der Waals surface area contributed by atoms with Gasteiger partial charge in [0, 0.05) is 3.92 Å². The molecule has 0 radical (unpaired) electrons. The Labute approximate surface area is 71.0 Å². The second kappa shape index (κ2) is 5.47. The van der Waals surface area contributed by atoms with Crippen LogP contribution in [-0.2, 0) is 0 Å². The van der Waals surface area contributed by atoms with Crippen molar-refractivity contribution in [3.05, 3.63) is 0 Å². The third-order valence-corrected chi connectivity index (χ3v) is 1.73. The smallest absolute Gasteiger partial charge is 0.0550 e. The summed E-state index contributed by atoms with van der Waals surface area (Å²) in [5.74, 6) is 0. The number of aliphatic hydroxyl groups excluding tert-OH is 1. The van der Waals surface area contributed by atoms with Crippen molar-refractivity contribution >= 4 is 22.6 Å². The highest BCUT2D eigenvalue weighted by atomic mass is 127. The average molecular weight is 242 g/mol. The van der Waals surface area contributed by atoms with Crippen LogP contribution < -0.4 is 0 Å². The minimum Gasteiger partial charge on any atom is -0.393 e. The lowest BCUT2D eigenvalue weighted by Crippen LogP contribution is -2.10. The Bertz CT molecular complexity index is 63.9. The highest BCUT2D eigenvalue weighted by Crippen LogP contribution is 2.10. The van der Waals surface area contributed by atoms with E-state index in [9.17, 15) is 5.11 Å². The van der Waals surface area contributed by atoms with Gasteiger partial charge < -0.3 is 5.11 Å². The largest absolute Gasteiger partial charge is 0.393 e. The lowest BCUT2D eigenvalue weighted by molar-refractivity contribution is 0.155. The highest BCUT2D eigenvalue weighted by molar-refractivity contribution is 14.1. The number of hydrogen-bond acceptors (Lipinski definition) is 1. The van der Waals surface area contributed by atoms with E-state index < -0.39 is 0 Å². The first-order valence-electron chi connectivity index (χ1n) is 3.49. The molecule has 0 aliphatic rings. The number of halogens is 1. The molecule has 2 atom stereocenters. The average Bonchev–Trinajstić information content (AvgIpc) is 1.63. The molecule has 2 unspecified atom stereocenters. The zero-order valence-electron chi connectivity index (χ0n) is 6.10. The van der Waals surface area contributed by atoms with Crippen LogP contribution in [0, 0.1) is 0 Å². The lowest BCUT2D eigenvalue weighted by atomic mass is 10.1. The fourth-order valence-electron chi connectivity index (χ4n) is 0.826. The summed E-state index contributed by atoms with van der Waals surface area (Å²) < 4.78 is 0.601. The standard InChI is InChI=1S/C7H15IO/c1-3-4-7(9)5-6(2)8/h6-7,9H,3-5H2,1-2H3. The van der Waals surface area contributed by atoms with Crippen molar-refractivity contribution in [2.45, 2.75) is 43.1 Å². The molecule has 0 amide bonds. The van der Waals surface area contributed by atoms with E-state index in [1.165, 1.54) is 0 Å². The summed E-state index contributed by atoms with van der Waals surface area (Å²) in [7, 11) is 0. The minimum atomic E-state index is -0.0677. The van der Waals surface area contributed by atoms with E-state index in [4.69, 9.17) is 0 Å². The molecule has 0 saturated carbocycles. The molecule has 0 fully saturated rings. The molecule has 0 aromatic heterocycles. The van der Waals surface area contributed by atoms with Gasteiger partial charge in [-0.2, -0.15) is 0 Å². The molecule has 0 bridgehead atoms. The Kier molecular flexibility index (Phi) is 5.89. The van der Waals surface area contributed by atoms with Gasteiger partial charge in [-0.15, -0.1) is 0 Å². The minimum absolute atomic E-state index is 0.0677. The first-order chi connectivity index (χ1) is 4.16. The van der Waals surface area contributed by atoms with Crippen molar-refractivity contribution < 1.29 is 5.11 Å². The zero-order valence-corrected chi connectivity index (χ0v) is 8.26. The third kappa shape index (κ3) is 6.58. The Balaban J connectivity index is 3.15. The molecular weight excluding hydrogens is 227 g/mol. The maximum atomic E-state index is 9.21. The van der Waals surface area contributed by atoms with E-state index >= 15 is 0 Å². The number of aliphatic hydroxyl groups is 1. The van der Waals surface area contributed by atoms with E-state index in [1.54, 1.807) is 0 Å². The molecule has 1 nitrogen and oxygen atoms in total. The van der Waals surface area contributed by atoms with Crippen LogP contribution in [0.3, 0.4) is 0 Å². The van der Waals surface area contributed by atoms with Gasteiger partial charge >= 0.3 is 0 Å². The molecule has 0 aliphatic heterocycles. The molecular formula is C7H15IO. The lowest BCUT2D eigenvalue weighted by Gasteiger charge is -2.09. The molecule has 56 valence electrons. The van der Waals surface area contributed by atoms with Crippen molar-refractivity contribution in [2.75, 3.05) is 0 Å². The van der Waals surface area contributed by atoms with Crippen molar-refractivity contribution in [3.8, 4) is 0 Å². The molecule has 0 aromatic carbocycles. The Hall–Kier alpha value is 0.690. The van der Waals surface area contributed by atoms with E-state index in [0.717, 1.165) is 19.3 Å². The van der Waals surface area contributed by atoms with Crippen LogP contribution in [-0.4, -0.2) is 15.1 Å². The van der Waals surface area contributed by atoms with Gasteiger partial charge in [-0.05, 0) is 12.8 Å². The van der Waals surface area contributed by atoms with E-state index in [0.29, 0.717) is 3.92 Å². The molecule has 9 heavy (non-hydrogen) atoms. The van der Waals surface area contributed by atoms with Gasteiger partial charge in [0.25, 0.3) is 0 Å². The van der Waals surface area contributed by atoms with Gasteiger partial charge in [-0.25, -0.2) is 0 Å². The molecule has 0 saturated heterocycles. The molecule has 2 heteroatoms. The molecule has 1 N–H and O–H groups in total. The monoisotopic (exact) mass is 242 g/mol. The maximum Gasteiger partial charge on any atom is 0.0550 e. The summed E-state index contributed by atoms with van der Waals surface area (Å²) in [5, 5.41) is 9.21. The second-order valence-corrected chi connectivity index (χ2v) is 4.59. The summed E-state index contributed by atoms with van der Waals surface area (Å²) in [6, 6.07) is 0. The maximum absolute atomic E-state index is 9.21. The molecule has 0 heterocycles. The van der Waals surface area contributed by atoms with Crippen molar-refractivity contribution in [3.63, 3.8) is 0 Å². The van der Waals surface area contributed by atoms with E-state index in [1.807, 2.05) is 0 Å². The fourth-order valence-corrected chi connectivity index (χ4v) is 1.41. The number of hydrogen-bond donors (Lipinski definition) is 1. The van der Waals surface area contributed by atoms with Crippen molar-refractivity contribution in [2.24, 2.45) is 0 Å². The van der Waals surface area contributed by atoms with Gasteiger partial charge in [0.05, 0.1) is 6.10 Å². The molecule has 0 rings (SSSR count). The van der Waals surface area contributed by atoms with E-state index in [-0.39, 0.29) is 6.10 Å². The molecule has 0 aromatic rings. The number of rotatable bonds is 4. The Morgan fingerprint density at radius 3 is 2.44 bits per heavy atom. The van der Waals surface area contributed by atoms with Gasteiger partial charge in [0.2, 0.25) is 0 Å². The van der Waals surface area contributed by atoms with Gasteiger partial charge in [0.15, 0.2) is 0 Å². The third-order valence-electron chi connectivity index (χ3n) is 1.22.